The van der Waals surface area contributed by atoms with E-state index in [9.17, 15) is 22.4 Å². The topological polar surface area (TPSA) is 37.8 Å². The zero-order valence-electron chi connectivity index (χ0n) is 11.1. The van der Waals surface area contributed by atoms with E-state index in [1.54, 1.807) is 0 Å². The quantitative estimate of drug-likeness (QED) is 0.722. The number of H-pyrrole nitrogens is 1. The van der Waals surface area contributed by atoms with Gasteiger partial charge in [0.05, 0.1) is 17.6 Å². The molecule has 114 valence electrons. The third-order valence-corrected chi connectivity index (χ3v) is 3.41. The molecule has 7 heteroatoms. The maximum atomic E-state index is 13.6. The molecule has 0 radical (unpaired) electrons. The minimum absolute atomic E-state index is 0.0167. The Labute approximate surface area is 121 Å². The lowest BCUT2D eigenvalue weighted by Crippen LogP contribution is -2.19. The first-order chi connectivity index (χ1) is 10.4. The van der Waals surface area contributed by atoms with E-state index in [-0.39, 0.29) is 23.1 Å². The summed E-state index contributed by atoms with van der Waals surface area (Å²) >= 11 is 0. The van der Waals surface area contributed by atoms with E-state index < -0.39 is 23.2 Å². The molecule has 0 aliphatic heterocycles. The number of rotatable bonds is 2. The summed E-state index contributed by atoms with van der Waals surface area (Å²) in [6.45, 7) is -0.294. The molecule has 1 heterocycles. The monoisotopic (exact) mass is 310 g/mol. The Morgan fingerprint density at radius 1 is 1.05 bits per heavy atom. The first kappa shape index (κ1) is 14.4. The highest BCUT2D eigenvalue weighted by Gasteiger charge is 2.33. The van der Waals surface area contributed by atoms with E-state index in [1.165, 1.54) is 36.4 Å². The molecule has 1 aromatic heterocycles. The number of fused-ring (bicyclic) bond motifs is 1. The summed E-state index contributed by atoms with van der Waals surface area (Å²) in [5, 5.41) is 0. The van der Waals surface area contributed by atoms with Crippen molar-refractivity contribution in [3.05, 3.63) is 69.9 Å². The molecule has 1 N–H and O–H groups in total. The van der Waals surface area contributed by atoms with Gasteiger partial charge < -0.3 is 4.98 Å². The predicted molar refractivity (Wildman–Crippen MR) is 73.1 cm³/mol. The van der Waals surface area contributed by atoms with E-state index >= 15 is 0 Å². The smallest absolute Gasteiger partial charge is 0.303 e. The second kappa shape index (κ2) is 5.01. The van der Waals surface area contributed by atoms with Crippen molar-refractivity contribution < 1.29 is 17.6 Å². The molecule has 0 spiro atoms. The number of halogens is 4. The molecule has 0 amide bonds. The highest BCUT2D eigenvalue weighted by Crippen LogP contribution is 2.32. The number of hydrogen-bond donors (Lipinski definition) is 1. The van der Waals surface area contributed by atoms with Gasteiger partial charge in [-0.25, -0.2) is 9.18 Å². The summed E-state index contributed by atoms with van der Waals surface area (Å²) in [7, 11) is 0. The zero-order valence-corrected chi connectivity index (χ0v) is 11.1. The van der Waals surface area contributed by atoms with Gasteiger partial charge in [-0.05, 0) is 23.8 Å². The Kier molecular flexibility index (Phi) is 3.27. The van der Waals surface area contributed by atoms with E-state index in [1.807, 2.05) is 0 Å². The van der Waals surface area contributed by atoms with Crippen LogP contribution in [0.15, 0.2) is 47.3 Å². The molecular formula is C15H10F4N2O. The molecule has 3 nitrogen and oxygen atoms in total. The van der Waals surface area contributed by atoms with Crippen molar-refractivity contribution in [2.75, 3.05) is 0 Å². The molecule has 0 unspecified atom stereocenters. The van der Waals surface area contributed by atoms with Crippen molar-refractivity contribution in [3.63, 3.8) is 0 Å². The number of para-hydroxylation sites is 1. The van der Waals surface area contributed by atoms with E-state index in [4.69, 9.17) is 0 Å². The second-order valence-electron chi connectivity index (χ2n) is 4.81. The van der Waals surface area contributed by atoms with Gasteiger partial charge in [0.2, 0.25) is 0 Å². The van der Waals surface area contributed by atoms with Crippen LogP contribution in [0, 0.1) is 5.82 Å². The van der Waals surface area contributed by atoms with Crippen molar-refractivity contribution in [2.24, 2.45) is 0 Å². The summed E-state index contributed by atoms with van der Waals surface area (Å²) in [5.41, 5.74) is -1.31. The molecule has 3 rings (SSSR count). The molecule has 22 heavy (non-hydrogen) atoms. The van der Waals surface area contributed by atoms with Crippen LogP contribution in [0.1, 0.15) is 11.1 Å². The summed E-state index contributed by atoms with van der Waals surface area (Å²) < 4.78 is 53.7. The van der Waals surface area contributed by atoms with Crippen molar-refractivity contribution in [3.8, 4) is 0 Å². The standard InChI is InChI=1S/C15H10F4N2O/c16-11-6-3-7-12-13(11)20-14(22)21(12)8-9-4-1-2-5-10(9)15(17,18)19/h1-7H,8H2,(H,20,22). The molecular weight excluding hydrogens is 300 g/mol. The molecule has 0 saturated carbocycles. The Bertz CT molecular complexity index is 892. The molecule has 2 aromatic carbocycles. The molecule has 0 fully saturated rings. The Morgan fingerprint density at radius 3 is 2.50 bits per heavy atom. The second-order valence-corrected chi connectivity index (χ2v) is 4.81. The number of nitrogens with one attached hydrogen (secondary N) is 1. The molecule has 3 aromatic rings. The Hall–Kier alpha value is -2.57. The largest absolute Gasteiger partial charge is 0.416 e. The van der Waals surface area contributed by atoms with Gasteiger partial charge in [0.15, 0.2) is 0 Å². The van der Waals surface area contributed by atoms with Gasteiger partial charge in [-0.2, -0.15) is 13.2 Å². The van der Waals surface area contributed by atoms with Crippen LogP contribution in [0.3, 0.4) is 0 Å². The molecule has 0 atom stereocenters. The number of hydrogen-bond acceptors (Lipinski definition) is 1. The van der Waals surface area contributed by atoms with E-state index in [2.05, 4.69) is 4.98 Å². The van der Waals surface area contributed by atoms with Crippen LogP contribution in [0.2, 0.25) is 0 Å². The first-order valence-electron chi connectivity index (χ1n) is 6.40. The fourth-order valence-electron chi connectivity index (χ4n) is 2.41. The lowest BCUT2D eigenvalue weighted by Gasteiger charge is -2.13. The molecule has 0 aliphatic carbocycles. The summed E-state index contributed by atoms with van der Waals surface area (Å²) in [6.07, 6.45) is -4.52. The predicted octanol–water partition coefficient (Wildman–Crippen LogP) is 3.54. The van der Waals surface area contributed by atoms with Crippen molar-refractivity contribution in [1.29, 1.82) is 0 Å². The number of imidazole rings is 1. The third kappa shape index (κ3) is 2.38. The molecule has 0 aliphatic rings. The van der Waals surface area contributed by atoms with E-state index in [0.717, 1.165) is 10.6 Å². The van der Waals surface area contributed by atoms with Crippen LogP contribution in [0.5, 0.6) is 0 Å². The summed E-state index contributed by atoms with van der Waals surface area (Å²) in [4.78, 5) is 14.2. The van der Waals surface area contributed by atoms with Gasteiger partial charge in [0.25, 0.3) is 0 Å². The first-order valence-corrected chi connectivity index (χ1v) is 6.40. The van der Waals surface area contributed by atoms with Crippen LogP contribution in [-0.2, 0) is 12.7 Å². The fourth-order valence-corrected chi connectivity index (χ4v) is 2.41. The van der Waals surface area contributed by atoms with E-state index in [0.29, 0.717) is 0 Å². The average molecular weight is 310 g/mol. The maximum Gasteiger partial charge on any atom is 0.416 e. The van der Waals surface area contributed by atoms with Crippen molar-refractivity contribution >= 4 is 11.0 Å². The summed E-state index contributed by atoms with van der Waals surface area (Å²) in [5.74, 6) is -0.627. The number of benzene rings is 2. The van der Waals surface area contributed by atoms with Gasteiger partial charge in [-0.3, -0.25) is 4.57 Å². The normalized spacial score (nSPS) is 12.0. The highest BCUT2D eigenvalue weighted by atomic mass is 19.4. The van der Waals surface area contributed by atoms with Gasteiger partial charge in [0.1, 0.15) is 11.3 Å². The molecule has 0 saturated heterocycles. The third-order valence-electron chi connectivity index (χ3n) is 3.41. The van der Waals surface area contributed by atoms with Gasteiger partial charge in [0, 0.05) is 0 Å². The van der Waals surface area contributed by atoms with Crippen molar-refractivity contribution in [2.45, 2.75) is 12.7 Å². The van der Waals surface area contributed by atoms with Crippen LogP contribution in [-0.4, -0.2) is 9.55 Å². The fraction of sp³-hybridized carbons (Fsp3) is 0.133. The average Bonchev–Trinajstić information content (AvgIpc) is 2.77. The van der Waals surface area contributed by atoms with Crippen LogP contribution >= 0.6 is 0 Å². The molecule has 0 bridgehead atoms. The minimum atomic E-state index is -4.52. The highest BCUT2D eigenvalue weighted by molar-refractivity contribution is 5.75. The number of nitrogens with zero attached hydrogens (tertiary/aromatic N) is 1. The number of alkyl halides is 3. The maximum absolute atomic E-state index is 13.6. The van der Waals surface area contributed by atoms with Crippen molar-refractivity contribution in [1.82, 2.24) is 9.55 Å². The van der Waals surface area contributed by atoms with Crippen LogP contribution in [0.25, 0.3) is 11.0 Å². The van der Waals surface area contributed by atoms with Gasteiger partial charge in [-0.15, -0.1) is 0 Å². The summed E-state index contributed by atoms with van der Waals surface area (Å²) in [6, 6.07) is 9.05. The zero-order chi connectivity index (χ0) is 15.9. The Balaban J connectivity index is 2.15. The number of aromatic amines is 1. The van der Waals surface area contributed by atoms with Gasteiger partial charge in [-0.1, -0.05) is 24.3 Å². The van der Waals surface area contributed by atoms with Crippen LogP contribution in [0.4, 0.5) is 17.6 Å². The minimum Gasteiger partial charge on any atom is -0.303 e. The lowest BCUT2D eigenvalue weighted by atomic mass is 10.1. The van der Waals surface area contributed by atoms with Gasteiger partial charge >= 0.3 is 11.9 Å². The SMILES string of the molecule is O=c1[nH]c2c(F)cccc2n1Cc1ccccc1C(F)(F)F. The lowest BCUT2D eigenvalue weighted by molar-refractivity contribution is -0.138. The van der Waals surface area contributed by atoms with Crippen LogP contribution < -0.4 is 5.69 Å². The number of aromatic nitrogens is 2. The Morgan fingerprint density at radius 2 is 1.77 bits per heavy atom.